The number of aromatic nitrogens is 5. The highest BCUT2D eigenvalue weighted by molar-refractivity contribution is 7.99. The molecule has 3 aromatic rings. The molecule has 0 aliphatic rings. The van der Waals surface area contributed by atoms with Crippen LogP contribution in [-0.4, -0.2) is 24.7 Å². The number of nitrogens with zero attached hydrogens (tertiary/aromatic N) is 6. The van der Waals surface area contributed by atoms with Gasteiger partial charge in [0.1, 0.15) is 11.1 Å². The van der Waals surface area contributed by atoms with Crippen molar-refractivity contribution in [2.75, 3.05) is 0 Å². The van der Waals surface area contributed by atoms with E-state index < -0.39 is 0 Å². The van der Waals surface area contributed by atoms with Crippen LogP contribution in [-0.2, 0) is 6.54 Å². The molecular weight excluding hydrogens is 344 g/mol. The summed E-state index contributed by atoms with van der Waals surface area (Å²) in [4.78, 5) is 8.33. The van der Waals surface area contributed by atoms with Crippen molar-refractivity contribution in [3.63, 3.8) is 0 Å². The van der Waals surface area contributed by atoms with Crippen LogP contribution in [0.2, 0.25) is 5.02 Å². The molecule has 0 amide bonds. The summed E-state index contributed by atoms with van der Waals surface area (Å²) in [5.41, 5.74) is 1.05. The summed E-state index contributed by atoms with van der Waals surface area (Å²) in [5.74, 6) is 0.694. The van der Waals surface area contributed by atoms with Gasteiger partial charge in [-0.2, -0.15) is 5.26 Å². The Balaban J connectivity index is 1.98. The van der Waals surface area contributed by atoms with Gasteiger partial charge in [0.2, 0.25) is 0 Å². The predicted molar refractivity (Wildman–Crippen MR) is 91.5 cm³/mol. The molecule has 0 saturated heterocycles. The molecule has 118 valence electrons. The zero-order valence-electron chi connectivity index (χ0n) is 12.4. The summed E-state index contributed by atoms with van der Waals surface area (Å²) in [6.45, 7) is 4.32. The highest BCUT2D eigenvalue weighted by atomic mass is 35.5. The number of nitriles is 1. The minimum atomic E-state index is 0.184. The maximum Gasteiger partial charge on any atom is 0.198 e. The van der Waals surface area contributed by atoms with Crippen molar-refractivity contribution >= 4 is 23.4 Å². The average molecular weight is 355 g/mol. The van der Waals surface area contributed by atoms with E-state index in [-0.39, 0.29) is 5.69 Å². The van der Waals surface area contributed by atoms with Crippen molar-refractivity contribution in [3.8, 4) is 17.5 Å². The summed E-state index contributed by atoms with van der Waals surface area (Å²) >= 11 is 7.23. The minimum Gasteiger partial charge on any atom is -0.298 e. The number of hydrogen-bond donors (Lipinski definition) is 0. The molecule has 0 radical (unpaired) electrons. The Kier molecular flexibility index (Phi) is 4.89. The number of rotatable bonds is 5. The molecular formula is C16H11ClN6S. The van der Waals surface area contributed by atoms with Crippen molar-refractivity contribution in [2.45, 2.75) is 16.7 Å². The van der Waals surface area contributed by atoms with E-state index in [1.54, 1.807) is 30.6 Å². The van der Waals surface area contributed by atoms with E-state index in [2.05, 4.69) is 26.7 Å². The van der Waals surface area contributed by atoms with Gasteiger partial charge in [0.05, 0.1) is 5.02 Å². The van der Waals surface area contributed by atoms with Crippen LogP contribution in [0.4, 0.5) is 0 Å². The molecule has 24 heavy (non-hydrogen) atoms. The van der Waals surface area contributed by atoms with Gasteiger partial charge in [-0.05, 0) is 36.0 Å². The molecule has 3 aromatic heterocycles. The Morgan fingerprint density at radius 3 is 2.92 bits per heavy atom. The fourth-order valence-electron chi connectivity index (χ4n) is 2.02. The van der Waals surface area contributed by atoms with Gasteiger partial charge < -0.3 is 0 Å². The molecule has 0 spiro atoms. The smallest absolute Gasteiger partial charge is 0.198 e. The van der Waals surface area contributed by atoms with Gasteiger partial charge in [0, 0.05) is 24.5 Å². The highest BCUT2D eigenvalue weighted by Crippen LogP contribution is 2.29. The first kappa shape index (κ1) is 16.2. The third kappa shape index (κ3) is 3.30. The first-order valence-corrected chi connectivity index (χ1v) is 8.11. The molecule has 6 nitrogen and oxygen atoms in total. The first-order chi connectivity index (χ1) is 11.7. The molecule has 0 atom stereocenters. The van der Waals surface area contributed by atoms with Gasteiger partial charge in [-0.1, -0.05) is 17.7 Å². The topological polar surface area (TPSA) is 80.3 Å². The zero-order chi connectivity index (χ0) is 16.9. The van der Waals surface area contributed by atoms with E-state index in [0.29, 0.717) is 27.6 Å². The van der Waals surface area contributed by atoms with Gasteiger partial charge in [-0.25, -0.2) is 4.98 Å². The molecule has 0 aromatic carbocycles. The van der Waals surface area contributed by atoms with E-state index >= 15 is 0 Å². The Bertz CT molecular complexity index is 916. The van der Waals surface area contributed by atoms with Crippen molar-refractivity contribution in [2.24, 2.45) is 0 Å². The van der Waals surface area contributed by atoms with Crippen molar-refractivity contribution < 1.29 is 0 Å². The Hall–Kier alpha value is -2.69. The summed E-state index contributed by atoms with van der Waals surface area (Å²) in [6, 6.07) is 9.11. The zero-order valence-corrected chi connectivity index (χ0v) is 14.0. The maximum atomic E-state index is 9.04. The van der Waals surface area contributed by atoms with Crippen LogP contribution >= 0.6 is 23.4 Å². The Morgan fingerprint density at radius 2 is 2.21 bits per heavy atom. The van der Waals surface area contributed by atoms with Gasteiger partial charge >= 0.3 is 0 Å². The molecule has 3 rings (SSSR count). The minimum absolute atomic E-state index is 0.184. The number of allylic oxidation sites excluding steroid dienone is 1. The predicted octanol–water partition coefficient (Wildman–Crippen LogP) is 3.60. The van der Waals surface area contributed by atoms with E-state index in [9.17, 15) is 0 Å². The maximum absolute atomic E-state index is 9.04. The monoisotopic (exact) mass is 354 g/mol. The molecule has 0 bridgehead atoms. The lowest BCUT2D eigenvalue weighted by atomic mass is 10.3. The van der Waals surface area contributed by atoms with Crippen LogP contribution in [0.25, 0.3) is 11.4 Å². The Morgan fingerprint density at radius 1 is 1.33 bits per heavy atom. The number of halogens is 1. The van der Waals surface area contributed by atoms with E-state index in [4.69, 9.17) is 16.9 Å². The molecule has 0 saturated carbocycles. The van der Waals surface area contributed by atoms with Crippen LogP contribution in [0, 0.1) is 11.3 Å². The highest BCUT2D eigenvalue weighted by Gasteiger charge is 2.15. The lowest BCUT2D eigenvalue weighted by Gasteiger charge is -2.07. The first-order valence-electron chi connectivity index (χ1n) is 6.92. The Labute approximate surface area is 147 Å². The lowest BCUT2D eigenvalue weighted by molar-refractivity contribution is 0.730. The average Bonchev–Trinajstić information content (AvgIpc) is 3.00. The summed E-state index contributed by atoms with van der Waals surface area (Å²) < 4.78 is 1.91. The molecule has 0 fully saturated rings. The molecule has 0 unspecified atom stereocenters. The van der Waals surface area contributed by atoms with Crippen molar-refractivity contribution in [3.05, 3.63) is 60.0 Å². The van der Waals surface area contributed by atoms with Crippen molar-refractivity contribution in [1.29, 1.82) is 5.26 Å². The quantitative estimate of drug-likeness (QED) is 0.651. The van der Waals surface area contributed by atoms with Crippen LogP contribution in [0.5, 0.6) is 0 Å². The second-order valence-electron chi connectivity index (χ2n) is 4.64. The van der Waals surface area contributed by atoms with Crippen molar-refractivity contribution in [1.82, 2.24) is 24.7 Å². The second kappa shape index (κ2) is 7.25. The molecule has 0 aliphatic carbocycles. The summed E-state index contributed by atoms with van der Waals surface area (Å²) in [7, 11) is 0. The molecule has 3 heterocycles. The van der Waals surface area contributed by atoms with E-state index in [0.717, 1.165) is 5.56 Å². The van der Waals surface area contributed by atoms with Gasteiger partial charge in [-0.15, -0.1) is 16.8 Å². The van der Waals surface area contributed by atoms with E-state index in [1.807, 2.05) is 22.8 Å². The molecule has 0 N–H and O–H groups in total. The molecule has 0 aliphatic heterocycles. The number of pyridine rings is 2. The fraction of sp³-hybridized carbons (Fsp3) is 0.0625. The SMILES string of the molecule is C=CCn1c(Sc2ccc(Cl)c(C#N)n2)nnc1-c1cccnc1. The summed E-state index contributed by atoms with van der Waals surface area (Å²) in [5, 5.41) is 19.1. The van der Waals surface area contributed by atoms with Gasteiger partial charge in [0.25, 0.3) is 0 Å². The number of hydrogen-bond acceptors (Lipinski definition) is 6. The summed E-state index contributed by atoms with van der Waals surface area (Å²) in [6.07, 6.45) is 5.20. The van der Waals surface area contributed by atoms with Gasteiger partial charge in [-0.3, -0.25) is 9.55 Å². The third-order valence-electron chi connectivity index (χ3n) is 3.07. The third-order valence-corrected chi connectivity index (χ3v) is 4.30. The standard InChI is InChI=1S/C16H11ClN6S/c1-2-8-23-15(11-4-3-7-19-10-11)21-22-16(23)24-14-6-5-12(17)13(9-18)20-14/h2-7,10H,1,8H2. The molecule has 8 heteroatoms. The van der Waals surface area contributed by atoms with Crippen LogP contribution in [0.1, 0.15) is 5.69 Å². The van der Waals surface area contributed by atoms with Crippen LogP contribution in [0.3, 0.4) is 0 Å². The van der Waals surface area contributed by atoms with Crippen LogP contribution in [0.15, 0.2) is 59.5 Å². The largest absolute Gasteiger partial charge is 0.298 e. The van der Waals surface area contributed by atoms with E-state index in [1.165, 1.54) is 11.8 Å². The van der Waals surface area contributed by atoms with Crippen LogP contribution < -0.4 is 0 Å². The van der Waals surface area contributed by atoms with Gasteiger partial charge in [0.15, 0.2) is 16.7 Å². The normalized spacial score (nSPS) is 10.3. The fourth-order valence-corrected chi connectivity index (χ4v) is 2.98. The lowest BCUT2D eigenvalue weighted by Crippen LogP contribution is -2.01. The second-order valence-corrected chi connectivity index (χ2v) is 6.04.